The third-order valence-corrected chi connectivity index (χ3v) is 2.17. The van der Waals surface area contributed by atoms with Crippen LogP contribution in [0.2, 0.25) is 0 Å². The molecule has 3 nitrogen and oxygen atoms in total. The van der Waals surface area contributed by atoms with Crippen LogP contribution in [0, 0.1) is 6.92 Å². The topological polar surface area (TPSA) is 47.3 Å². The Morgan fingerprint density at radius 3 is 2.94 bits per heavy atom. The molecule has 0 heterocycles. The molecular formula is C13H20N2O. The van der Waals surface area contributed by atoms with Crippen LogP contribution in [0.3, 0.4) is 0 Å². The Morgan fingerprint density at radius 1 is 1.50 bits per heavy atom. The molecule has 0 aromatic heterocycles. The van der Waals surface area contributed by atoms with Gasteiger partial charge in [-0.25, -0.2) is 0 Å². The Morgan fingerprint density at radius 2 is 2.25 bits per heavy atom. The molecule has 0 atom stereocenters. The lowest BCUT2D eigenvalue weighted by molar-refractivity contribution is 0.167. The van der Waals surface area contributed by atoms with Gasteiger partial charge in [-0.05, 0) is 31.5 Å². The van der Waals surface area contributed by atoms with Gasteiger partial charge < -0.3 is 15.8 Å². The van der Waals surface area contributed by atoms with Crippen molar-refractivity contribution in [2.75, 3.05) is 30.8 Å². The van der Waals surface area contributed by atoms with Crippen LogP contribution in [0.25, 0.3) is 0 Å². The van der Waals surface area contributed by atoms with Crippen molar-refractivity contribution in [1.82, 2.24) is 0 Å². The molecule has 1 rings (SSSR count). The van der Waals surface area contributed by atoms with Gasteiger partial charge in [0.15, 0.2) is 0 Å². The maximum Gasteiger partial charge on any atom is 0.0672 e. The molecule has 0 aliphatic rings. The number of hydrogen-bond donors (Lipinski definition) is 2. The monoisotopic (exact) mass is 220 g/mol. The number of hydrogen-bond acceptors (Lipinski definition) is 3. The first kappa shape index (κ1) is 12.6. The maximum absolute atomic E-state index is 5.71. The molecule has 0 aliphatic heterocycles. The second-order valence-electron chi connectivity index (χ2n) is 4.01. The predicted octanol–water partition coefficient (Wildman–Crippen LogP) is 2.58. The molecule has 0 unspecified atom stereocenters. The van der Waals surface area contributed by atoms with Crippen molar-refractivity contribution in [3.8, 4) is 0 Å². The lowest BCUT2D eigenvalue weighted by Gasteiger charge is -2.10. The number of nitrogen functional groups attached to an aromatic ring is 1. The standard InChI is InChI=1S/C13H20N2O/c1-10(2)9-16-7-6-15-13-8-12(14)5-4-11(13)3/h4-5,8,15H,1,6-7,9,14H2,2-3H3. The van der Waals surface area contributed by atoms with Crippen LogP contribution in [-0.2, 0) is 4.74 Å². The minimum absolute atomic E-state index is 0.623. The van der Waals surface area contributed by atoms with E-state index in [4.69, 9.17) is 10.5 Å². The highest BCUT2D eigenvalue weighted by atomic mass is 16.5. The number of ether oxygens (including phenoxy) is 1. The average Bonchev–Trinajstić information content (AvgIpc) is 2.22. The van der Waals surface area contributed by atoms with Crippen molar-refractivity contribution in [2.24, 2.45) is 0 Å². The molecule has 3 N–H and O–H groups in total. The van der Waals surface area contributed by atoms with Crippen molar-refractivity contribution in [2.45, 2.75) is 13.8 Å². The molecule has 0 saturated heterocycles. The van der Waals surface area contributed by atoms with Gasteiger partial charge in [0.05, 0.1) is 13.2 Å². The van der Waals surface area contributed by atoms with E-state index in [9.17, 15) is 0 Å². The van der Waals surface area contributed by atoms with Gasteiger partial charge in [-0.15, -0.1) is 0 Å². The summed E-state index contributed by atoms with van der Waals surface area (Å²) in [4.78, 5) is 0. The van der Waals surface area contributed by atoms with Gasteiger partial charge in [0.25, 0.3) is 0 Å². The van der Waals surface area contributed by atoms with Gasteiger partial charge in [0, 0.05) is 17.9 Å². The summed E-state index contributed by atoms with van der Waals surface area (Å²) in [6, 6.07) is 5.85. The summed E-state index contributed by atoms with van der Waals surface area (Å²) in [6.45, 7) is 9.85. The maximum atomic E-state index is 5.71. The number of nitrogens with one attached hydrogen (secondary N) is 1. The average molecular weight is 220 g/mol. The Kier molecular flexibility index (Phi) is 4.86. The number of anilines is 2. The number of rotatable bonds is 6. The van der Waals surface area contributed by atoms with Crippen LogP contribution >= 0.6 is 0 Å². The fourth-order valence-corrected chi connectivity index (χ4v) is 1.33. The summed E-state index contributed by atoms with van der Waals surface area (Å²) in [6.07, 6.45) is 0. The summed E-state index contributed by atoms with van der Waals surface area (Å²) >= 11 is 0. The minimum Gasteiger partial charge on any atom is -0.399 e. The first-order valence-corrected chi connectivity index (χ1v) is 5.41. The first-order chi connectivity index (χ1) is 7.59. The van der Waals surface area contributed by atoms with Gasteiger partial charge >= 0.3 is 0 Å². The fraction of sp³-hybridized carbons (Fsp3) is 0.385. The minimum atomic E-state index is 0.623. The largest absolute Gasteiger partial charge is 0.399 e. The lowest BCUT2D eigenvalue weighted by Crippen LogP contribution is -2.11. The van der Waals surface area contributed by atoms with Crippen LogP contribution in [0.15, 0.2) is 30.4 Å². The zero-order chi connectivity index (χ0) is 12.0. The Balaban J connectivity index is 2.31. The van der Waals surface area contributed by atoms with Crippen LogP contribution in [0.4, 0.5) is 11.4 Å². The number of nitrogens with two attached hydrogens (primary N) is 1. The second-order valence-corrected chi connectivity index (χ2v) is 4.01. The van der Waals surface area contributed by atoms with Crippen LogP contribution in [0.1, 0.15) is 12.5 Å². The molecule has 0 fully saturated rings. The molecule has 0 spiro atoms. The van der Waals surface area contributed by atoms with E-state index in [1.54, 1.807) is 0 Å². The van der Waals surface area contributed by atoms with E-state index in [-0.39, 0.29) is 0 Å². The molecule has 0 aliphatic carbocycles. The van der Waals surface area contributed by atoms with E-state index in [0.717, 1.165) is 23.5 Å². The molecule has 0 saturated carbocycles. The summed E-state index contributed by atoms with van der Waals surface area (Å²) in [5, 5.41) is 3.29. The van der Waals surface area contributed by atoms with Gasteiger partial charge in [-0.2, -0.15) is 0 Å². The van der Waals surface area contributed by atoms with Gasteiger partial charge in [0.2, 0.25) is 0 Å². The van der Waals surface area contributed by atoms with Crippen molar-refractivity contribution in [1.29, 1.82) is 0 Å². The lowest BCUT2D eigenvalue weighted by atomic mass is 10.2. The normalized spacial score (nSPS) is 10.1. The smallest absolute Gasteiger partial charge is 0.0672 e. The van der Waals surface area contributed by atoms with Crippen LogP contribution in [0.5, 0.6) is 0 Å². The molecule has 16 heavy (non-hydrogen) atoms. The second kappa shape index (κ2) is 6.18. The zero-order valence-electron chi connectivity index (χ0n) is 10.0. The van der Waals surface area contributed by atoms with Gasteiger partial charge in [0.1, 0.15) is 0 Å². The highest BCUT2D eigenvalue weighted by molar-refractivity contribution is 5.59. The van der Waals surface area contributed by atoms with E-state index >= 15 is 0 Å². The van der Waals surface area contributed by atoms with Crippen LogP contribution in [-0.4, -0.2) is 19.8 Å². The molecule has 0 bridgehead atoms. The highest BCUT2D eigenvalue weighted by Crippen LogP contribution is 2.17. The molecule has 1 aromatic rings. The van der Waals surface area contributed by atoms with Crippen molar-refractivity contribution in [3.63, 3.8) is 0 Å². The summed E-state index contributed by atoms with van der Waals surface area (Å²) < 4.78 is 5.39. The zero-order valence-corrected chi connectivity index (χ0v) is 10.0. The number of aryl methyl sites for hydroxylation is 1. The van der Waals surface area contributed by atoms with E-state index in [0.29, 0.717) is 13.2 Å². The van der Waals surface area contributed by atoms with Crippen molar-refractivity contribution >= 4 is 11.4 Å². The number of benzene rings is 1. The molecule has 88 valence electrons. The van der Waals surface area contributed by atoms with Crippen molar-refractivity contribution < 1.29 is 4.74 Å². The van der Waals surface area contributed by atoms with Gasteiger partial charge in [-0.1, -0.05) is 18.2 Å². The van der Waals surface area contributed by atoms with E-state index in [1.807, 2.05) is 25.1 Å². The fourth-order valence-electron chi connectivity index (χ4n) is 1.33. The molecule has 0 amide bonds. The Hall–Kier alpha value is -1.48. The summed E-state index contributed by atoms with van der Waals surface area (Å²) in [5.41, 5.74) is 9.79. The molecule has 0 radical (unpaired) electrons. The van der Waals surface area contributed by atoms with E-state index in [1.165, 1.54) is 5.56 Å². The molecular weight excluding hydrogens is 200 g/mol. The van der Waals surface area contributed by atoms with Gasteiger partial charge in [-0.3, -0.25) is 0 Å². The third kappa shape index (κ3) is 4.36. The highest BCUT2D eigenvalue weighted by Gasteiger charge is 1.97. The first-order valence-electron chi connectivity index (χ1n) is 5.41. The van der Waals surface area contributed by atoms with E-state index < -0.39 is 0 Å². The molecule has 1 aromatic carbocycles. The van der Waals surface area contributed by atoms with Crippen LogP contribution < -0.4 is 11.1 Å². The molecule has 3 heteroatoms. The summed E-state index contributed by atoms with van der Waals surface area (Å²) in [7, 11) is 0. The SMILES string of the molecule is C=C(C)COCCNc1cc(N)ccc1C. The van der Waals surface area contributed by atoms with Crippen molar-refractivity contribution in [3.05, 3.63) is 35.9 Å². The van der Waals surface area contributed by atoms with E-state index in [2.05, 4.69) is 18.8 Å². The quantitative estimate of drug-likeness (QED) is 0.440. The Bertz CT molecular complexity index is 361. The predicted molar refractivity (Wildman–Crippen MR) is 69.7 cm³/mol. The Labute approximate surface area is 97.3 Å². The summed E-state index contributed by atoms with van der Waals surface area (Å²) in [5.74, 6) is 0. The third-order valence-electron chi connectivity index (χ3n) is 2.17.